The lowest BCUT2D eigenvalue weighted by molar-refractivity contribution is -0.870. The van der Waals surface area contributed by atoms with Crippen LogP contribution in [0.4, 0.5) is 0 Å². The number of likely N-dealkylation sites (N-methyl/N-ethyl adjacent to an activating group) is 1. The minimum atomic E-state index is -1.63. The minimum absolute atomic E-state index is 0.142. The molecule has 2 unspecified atom stereocenters. The highest BCUT2D eigenvalue weighted by atomic mass is 16.7. The number of hydrogen-bond donors (Lipinski definition) is 0. The summed E-state index contributed by atoms with van der Waals surface area (Å²) in [6, 6.07) is 0. The zero-order valence-corrected chi connectivity index (χ0v) is 38.2. The monoisotopic (exact) mass is 820 g/mol. The second-order valence-electron chi connectivity index (χ2n) is 17.0. The highest BCUT2D eigenvalue weighted by Gasteiger charge is 2.21. The van der Waals surface area contributed by atoms with Crippen molar-refractivity contribution >= 4 is 17.9 Å². The van der Waals surface area contributed by atoms with Crippen LogP contribution >= 0.6 is 0 Å². The highest BCUT2D eigenvalue weighted by molar-refractivity contribution is 5.70. The summed E-state index contributed by atoms with van der Waals surface area (Å²) in [7, 11) is 5.90. The van der Waals surface area contributed by atoms with Crippen LogP contribution in [0.5, 0.6) is 0 Å². The van der Waals surface area contributed by atoms with Gasteiger partial charge in [-0.2, -0.15) is 0 Å². The third-order valence-electron chi connectivity index (χ3n) is 10.2. The van der Waals surface area contributed by atoms with E-state index in [4.69, 9.17) is 18.9 Å². The molecule has 9 heteroatoms. The van der Waals surface area contributed by atoms with Gasteiger partial charge in [0.25, 0.3) is 0 Å². The fourth-order valence-corrected chi connectivity index (χ4v) is 6.49. The lowest BCUT2D eigenvalue weighted by atomic mass is 10.0. The molecule has 0 aliphatic rings. The van der Waals surface area contributed by atoms with E-state index in [2.05, 4.69) is 50.3 Å². The Morgan fingerprint density at radius 1 is 0.534 bits per heavy atom. The Balaban J connectivity index is 4.35. The average Bonchev–Trinajstić information content (AvgIpc) is 3.18. The summed E-state index contributed by atoms with van der Waals surface area (Å²) in [5, 5.41) is 11.7. The molecular weight excluding hydrogens is 731 g/mol. The van der Waals surface area contributed by atoms with Crippen LogP contribution in [-0.2, 0) is 33.3 Å². The van der Waals surface area contributed by atoms with Gasteiger partial charge in [-0.3, -0.25) is 9.59 Å². The van der Waals surface area contributed by atoms with Crippen molar-refractivity contribution in [2.24, 2.45) is 0 Å². The van der Waals surface area contributed by atoms with E-state index in [1.807, 2.05) is 21.1 Å². The van der Waals surface area contributed by atoms with E-state index in [1.165, 1.54) is 109 Å². The van der Waals surface area contributed by atoms with E-state index in [0.29, 0.717) is 17.4 Å². The normalized spacial score (nSPS) is 13.2. The van der Waals surface area contributed by atoms with Crippen molar-refractivity contribution in [1.29, 1.82) is 0 Å². The fourth-order valence-electron chi connectivity index (χ4n) is 6.49. The molecule has 0 aliphatic carbocycles. The molecule has 9 nitrogen and oxygen atoms in total. The lowest BCUT2D eigenvalue weighted by Gasteiger charge is -2.26. The van der Waals surface area contributed by atoms with Crippen molar-refractivity contribution in [2.75, 3.05) is 47.5 Å². The first kappa shape index (κ1) is 55.5. The number of unbranched alkanes of at least 4 members (excludes halogenated alkanes) is 22. The average molecular weight is 820 g/mol. The molecule has 0 aromatic rings. The fraction of sp³-hybridized carbons (Fsp3) is 0.816. The first-order chi connectivity index (χ1) is 28.1. The second-order valence-corrected chi connectivity index (χ2v) is 17.0. The Morgan fingerprint density at radius 2 is 0.983 bits per heavy atom. The van der Waals surface area contributed by atoms with Crippen LogP contribution in [0, 0.1) is 0 Å². The van der Waals surface area contributed by atoms with Crippen LogP contribution in [0.25, 0.3) is 0 Å². The first-order valence-corrected chi connectivity index (χ1v) is 23.6. The predicted molar refractivity (Wildman–Crippen MR) is 237 cm³/mol. The van der Waals surface area contributed by atoms with Crippen LogP contribution < -0.4 is 5.11 Å². The summed E-state index contributed by atoms with van der Waals surface area (Å²) in [4.78, 5) is 37.0. The van der Waals surface area contributed by atoms with Crippen molar-refractivity contribution in [3.05, 3.63) is 36.5 Å². The topological polar surface area (TPSA) is 111 Å². The first-order valence-electron chi connectivity index (χ1n) is 23.6. The van der Waals surface area contributed by atoms with Gasteiger partial charge in [-0.25, -0.2) is 0 Å². The number of quaternary nitrogens is 1. The molecule has 0 saturated heterocycles. The van der Waals surface area contributed by atoms with E-state index >= 15 is 0 Å². The number of carbonyl (C=O) groups excluding carboxylic acids is 3. The summed E-state index contributed by atoms with van der Waals surface area (Å²) in [6.45, 7) is 4.60. The van der Waals surface area contributed by atoms with Gasteiger partial charge in [0.1, 0.15) is 13.2 Å². The molecule has 0 radical (unpaired) electrons. The molecule has 0 bridgehead atoms. The van der Waals surface area contributed by atoms with Gasteiger partial charge < -0.3 is 33.3 Å². The van der Waals surface area contributed by atoms with Gasteiger partial charge in [0.05, 0.1) is 40.3 Å². The van der Waals surface area contributed by atoms with E-state index in [9.17, 15) is 19.5 Å². The molecule has 0 heterocycles. The molecule has 0 spiro atoms. The van der Waals surface area contributed by atoms with Crippen molar-refractivity contribution in [3.63, 3.8) is 0 Å². The van der Waals surface area contributed by atoms with Gasteiger partial charge in [0.2, 0.25) is 0 Å². The summed E-state index contributed by atoms with van der Waals surface area (Å²) in [5.74, 6) is -2.32. The van der Waals surface area contributed by atoms with Gasteiger partial charge in [-0.1, -0.05) is 179 Å². The van der Waals surface area contributed by atoms with Crippen molar-refractivity contribution in [3.8, 4) is 0 Å². The largest absolute Gasteiger partial charge is 0.545 e. The molecule has 0 rings (SSSR count). The van der Waals surface area contributed by atoms with Crippen molar-refractivity contribution in [1.82, 2.24) is 0 Å². The van der Waals surface area contributed by atoms with Crippen molar-refractivity contribution < 1.29 is 42.9 Å². The number of ether oxygens (including phenoxy) is 4. The van der Waals surface area contributed by atoms with E-state index in [0.717, 1.165) is 57.8 Å². The van der Waals surface area contributed by atoms with Crippen LogP contribution in [0.15, 0.2) is 36.5 Å². The molecule has 58 heavy (non-hydrogen) atoms. The predicted octanol–water partition coefficient (Wildman–Crippen LogP) is 11.3. The maximum Gasteiger partial charge on any atom is 0.306 e. The van der Waals surface area contributed by atoms with Crippen molar-refractivity contribution in [2.45, 2.75) is 212 Å². The molecule has 0 aromatic carbocycles. The zero-order valence-electron chi connectivity index (χ0n) is 38.2. The van der Waals surface area contributed by atoms with E-state index in [1.54, 1.807) is 0 Å². The van der Waals surface area contributed by atoms with Gasteiger partial charge in [-0.15, -0.1) is 0 Å². The molecule has 0 N–H and O–H groups in total. The number of rotatable bonds is 43. The summed E-state index contributed by atoms with van der Waals surface area (Å²) in [6.07, 6.45) is 43.3. The van der Waals surface area contributed by atoms with Gasteiger partial charge in [0.15, 0.2) is 12.4 Å². The third kappa shape index (κ3) is 41.7. The number of carbonyl (C=O) groups is 3. The maximum absolute atomic E-state index is 12.7. The number of nitrogens with zero attached hydrogens (tertiary/aromatic N) is 1. The Kier molecular flexibility index (Phi) is 39.5. The highest BCUT2D eigenvalue weighted by Crippen LogP contribution is 2.16. The smallest absolute Gasteiger partial charge is 0.306 e. The Bertz CT molecular complexity index is 1050. The number of hydrogen-bond acceptors (Lipinski definition) is 8. The molecule has 0 fully saturated rings. The molecule has 338 valence electrons. The van der Waals surface area contributed by atoms with Crippen LogP contribution in [0.3, 0.4) is 0 Å². The van der Waals surface area contributed by atoms with E-state index < -0.39 is 24.3 Å². The summed E-state index contributed by atoms with van der Waals surface area (Å²) >= 11 is 0. The Labute approximate surface area is 356 Å². The number of carboxylic acid groups (broad SMARTS) is 1. The van der Waals surface area contributed by atoms with Crippen LogP contribution in [-0.4, -0.2) is 82.3 Å². The minimum Gasteiger partial charge on any atom is -0.545 e. The molecule has 0 saturated carbocycles. The molecular formula is C49H89NO8. The van der Waals surface area contributed by atoms with Crippen LogP contribution in [0.1, 0.15) is 200 Å². The van der Waals surface area contributed by atoms with Gasteiger partial charge in [0, 0.05) is 12.8 Å². The summed E-state index contributed by atoms with van der Waals surface area (Å²) < 4.78 is 22.5. The quantitative estimate of drug-likeness (QED) is 0.0197. The standard InChI is InChI=1S/C49H89NO8/c1-6-8-10-12-14-16-18-20-21-22-23-24-25-26-28-29-31-33-35-37-39-46(51)56-43-45(44-57-49(48(53)54)55-42-41-50(3,4)5)58-47(52)40-38-36-34-32-30-27-19-17-15-13-11-9-7-2/h9,11,15,17,27,30,45,49H,6-8,10,12-14,16,18-26,28-29,31-44H2,1-5H3/b11-9-,17-15-,30-27-. The number of esters is 2. The number of allylic oxidation sites excluding steroid dienone is 6. The molecule has 0 amide bonds. The SMILES string of the molecule is CC/C=C\C/C=C\C/C=C\CCCCCC(=O)OC(COC(=O)CCCCCCCCCCCCCCCCCCCCCC)COC(OCC[N+](C)(C)C)C(=O)[O-]. The Morgan fingerprint density at radius 3 is 1.47 bits per heavy atom. The second kappa shape index (κ2) is 41.3. The molecule has 2 atom stereocenters. The third-order valence-corrected chi connectivity index (χ3v) is 10.2. The van der Waals surface area contributed by atoms with Crippen LogP contribution in [0.2, 0.25) is 0 Å². The zero-order chi connectivity index (χ0) is 42.8. The number of carboxylic acids is 1. The Hall–Kier alpha value is -2.49. The lowest BCUT2D eigenvalue weighted by Crippen LogP contribution is -2.44. The molecule has 0 aliphatic heterocycles. The maximum atomic E-state index is 12.7. The van der Waals surface area contributed by atoms with E-state index in [-0.39, 0.29) is 38.6 Å². The van der Waals surface area contributed by atoms with Gasteiger partial charge >= 0.3 is 11.9 Å². The van der Waals surface area contributed by atoms with Gasteiger partial charge in [-0.05, 0) is 44.9 Å². The molecule has 0 aromatic heterocycles. The number of aliphatic carboxylic acids is 1. The summed E-state index contributed by atoms with van der Waals surface area (Å²) in [5.41, 5.74) is 0.